The lowest BCUT2D eigenvalue weighted by molar-refractivity contribution is -0.121. The minimum absolute atomic E-state index is 0.0914. The van der Waals surface area contributed by atoms with Gasteiger partial charge in [-0.3, -0.25) is 9.78 Å². The molecule has 1 amide bonds. The highest BCUT2D eigenvalue weighted by atomic mass is 16.2. The largest absolute Gasteiger partial charge is 0.385 e. The van der Waals surface area contributed by atoms with Crippen molar-refractivity contribution in [2.75, 3.05) is 11.9 Å². The van der Waals surface area contributed by atoms with Gasteiger partial charge in [0.2, 0.25) is 5.91 Å². The first kappa shape index (κ1) is 16.7. The van der Waals surface area contributed by atoms with Gasteiger partial charge in [-0.05, 0) is 50.1 Å². The van der Waals surface area contributed by atoms with Crippen LogP contribution in [0.2, 0.25) is 0 Å². The molecule has 0 radical (unpaired) electrons. The predicted octanol–water partition coefficient (Wildman–Crippen LogP) is 3.12. The number of aryl methyl sites for hydroxylation is 1. The van der Waals surface area contributed by atoms with Crippen molar-refractivity contribution in [3.63, 3.8) is 0 Å². The molecule has 1 aromatic carbocycles. The van der Waals surface area contributed by atoms with Crippen LogP contribution < -0.4 is 10.7 Å². The van der Waals surface area contributed by atoms with Gasteiger partial charge >= 0.3 is 0 Å². The average Bonchev–Trinajstić information content (AvgIpc) is 2.57. The predicted molar refractivity (Wildman–Crippen MR) is 93.5 cm³/mol. The molecule has 5 heteroatoms. The maximum atomic E-state index is 11.8. The number of carbonyl (C=O) groups is 1. The number of rotatable bonds is 7. The van der Waals surface area contributed by atoms with E-state index in [9.17, 15) is 4.79 Å². The molecular formula is C18H22N4O. The normalized spacial score (nSPS) is 11.1. The summed E-state index contributed by atoms with van der Waals surface area (Å²) >= 11 is 0. The molecule has 0 aliphatic rings. The second-order valence-corrected chi connectivity index (χ2v) is 5.35. The number of pyridine rings is 1. The summed E-state index contributed by atoms with van der Waals surface area (Å²) in [5.41, 5.74) is 6.31. The minimum Gasteiger partial charge on any atom is -0.385 e. The van der Waals surface area contributed by atoms with Crippen molar-refractivity contribution in [2.24, 2.45) is 5.10 Å². The number of anilines is 1. The summed E-state index contributed by atoms with van der Waals surface area (Å²) in [4.78, 5) is 16.0. The van der Waals surface area contributed by atoms with E-state index < -0.39 is 0 Å². The fourth-order valence-corrected chi connectivity index (χ4v) is 2.07. The Balaban J connectivity index is 1.69. The number of benzene rings is 1. The minimum atomic E-state index is -0.0914. The van der Waals surface area contributed by atoms with Crippen molar-refractivity contribution < 1.29 is 4.79 Å². The Morgan fingerprint density at radius 3 is 2.83 bits per heavy atom. The second-order valence-electron chi connectivity index (χ2n) is 5.35. The molecule has 0 saturated heterocycles. The fourth-order valence-electron chi connectivity index (χ4n) is 2.07. The van der Waals surface area contributed by atoms with Crippen LogP contribution >= 0.6 is 0 Å². The number of carbonyl (C=O) groups excluding carboxylic acids is 1. The lowest BCUT2D eigenvalue weighted by atomic mass is 10.2. The number of hydrogen-bond acceptors (Lipinski definition) is 4. The molecule has 2 rings (SSSR count). The first-order valence-corrected chi connectivity index (χ1v) is 7.70. The molecule has 1 aromatic heterocycles. The van der Waals surface area contributed by atoms with E-state index in [0.29, 0.717) is 12.1 Å². The molecule has 2 aromatic rings. The van der Waals surface area contributed by atoms with Crippen LogP contribution in [-0.4, -0.2) is 23.1 Å². The highest BCUT2D eigenvalue weighted by molar-refractivity contribution is 5.97. The molecule has 0 spiro atoms. The van der Waals surface area contributed by atoms with Crippen LogP contribution in [0.5, 0.6) is 0 Å². The first-order chi connectivity index (χ1) is 11.1. The zero-order valence-corrected chi connectivity index (χ0v) is 13.5. The van der Waals surface area contributed by atoms with Gasteiger partial charge in [0.15, 0.2) is 0 Å². The van der Waals surface area contributed by atoms with Crippen molar-refractivity contribution in [1.29, 1.82) is 0 Å². The van der Waals surface area contributed by atoms with Crippen LogP contribution in [0.25, 0.3) is 0 Å². The van der Waals surface area contributed by atoms with Crippen LogP contribution in [0.4, 0.5) is 5.69 Å². The summed E-state index contributed by atoms with van der Waals surface area (Å²) in [6.07, 6.45) is 2.88. The Labute approximate surface area is 136 Å². The van der Waals surface area contributed by atoms with Gasteiger partial charge in [-0.25, -0.2) is 5.43 Å². The molecule has 0 aliphatic heterocycles. The second kappa shape index (κ2) is 8.68. The van der Waals surface area contributed by atoms with Crippen LogP contribution in [0, 0.1) is 6.92 Å². The maximum Gasteiger partial charge on any atom is 0.240 e. The van der Waals surface area contributed by atoms with Gasteiger partial charge in [-0.1, -0.05) is 18.2 Å². The van der Waals surface area contributed by atoms with Crippen molar-refractivity contribution in [3.05, 3.63) is 59.9 Å². The van der Waals surface area contributed by atoms with Gasteiger partial charge in [-0.2, -0.15) is 5.10 Å². The van der Waals surface area contributed by atoms with E-state index in [-0.39, 0.29) is 5.91 Å². The number of aromatic nitrogens is 1. The summed E-state index contributed by atoms with van der Waals surface area (Å²) in [5, 5.41) is 7.38. The molecule has 120 valence electrons. The average molecular weight is 310 g/mol. The van der Waals surface area contributed by atoms with E-state index in [1.807, 2.05) is 37.3 Å². The van der Waals surface area contributed by atoms with E-state index in [1.54, 1.807) is 6.20 Å². The Bertz CT molecular complexity index is 668. The van der Waals surface area contributed by atoms with E-state index in [2.05, 4.69) is 39.9 Å². The molecule has 23 heavy (non-hydrogen) atoms. The maximum absolute atomic E-state index is 11.8. The lowest BCUT2D eigenvalue weighted by Gasteiger charge is -2.07. The third-order valence-electron chi connectivity index (χ3n) is 3.31. The Morgan fingerprint density at radius 2 is 2.09 bits per heavy atom. The number of hydrogen-bond donors (Lipinski definition) is 2. The third-order valence-corrected chi connectivity index (χ3v) is 3.31. The van der Waals surface area contributed by atoms with Crippen molar-refractivity contribution in [1.82, 2.24) is 10.4 Å². The van der Waals surface area contributed by atoms with E-state index in [0.717, 1.165) is 24.3 Å². The molecule has 0 fully saturated rings. The van der Waals surface area contributed by atoms with Gasteiger partial charge in [0.25, 0.3) is 0 Å². The molecule has 0 aliphatic carbocycles. The summed E-state index contributed by atoms with van der Waals surface area (Å²) in [6, 6.07) is 13.8. The topological polar surface area (TPSA) is 66.4 Å². The SMILES string of the molecule is C/C(=N\NC(=O)CCCNc1cccc(C)c1)c1ccccn1. The van der Waals surface area contributed by atoms with Crippen molar-refractivity contribution in [3.8, 4) is 0 Å². The quantitative estimate of drug-likeness (QED) is 0.469. The van der Waals surface area contributed by atoms with E-state index >= 15 is 0 Å². The fraction of sp³-hybridized carbons (Fsp3) is 0.278. The van der Waals surface area contributed by atoms with E-state index in [1.165, 1.54) is 5.56 Å². The number of nitrogens with zero attached hydrogens (tertiary/aromatic N) is 2. The van der Waals surface area contributed by atoms with Gasteiger partial charge in [-0.15, -0.1) is 0 Å². The smallest absolute Gasteiger partial charge is 0.240 e. The van der Waals surface area contributed by atoms with Gasteiger partial charge < -0.3 is 5.32 Å². The zero-order chi connectivity index (χ0) is 16.5. The molecule has 0 atom stereocenters. The summed E-state index contributed by atoms with van der Waals surface area (Å²) in [6.45, 7) is 4.63. The number of nitrogens with one attached hydrogen (secondary N) is 2. The van der Waals surface area contributed by atoms with Crippen molar-refractivity contribution >= 4 is 17.3 Å². The number of hydrazone groups is 1. The molecule has 5 nitrogen and oxygen atoms in total. The molecule has 0 bridgehead atoms. The zero-order valence-electron chi connectivity index (χ0n) is 13.5. The molecule has 2 N–H and O–H groups in total. The van der Waals surface area contributed by atoms with Gasteiger partial charge in [0.05, 0.1) is 11.4 Å². The van der Waals surface area contributed by atoms with Crippen LogP contribution in [0.15, 0.2) is 53.8 Å². The van der Waals surface area contributed by atoms with Crippen LogP contribution in [0.3, 0.4) is 0 Å². The monoisotopic (exact) mass is 310 g/mol. The lowest BCUT2D eigenvalue weighted by Crippen LogP contribution is -2.20. The molecule has 1 heterocycles. The van der Waals surface area contributed by atoms with Gasteiger partial charge in [0, 0.05) is 24.8 Å². The highest BCUT2D eigenvalue weighted by Crippen LogP contribution is 2.09. The van der Waals surface area contributed by atoms with Gasteiger partial charge in [0.1, 0.15) is 0 Å². The standard InChI is InChI=1S/C18H22N4O/c1-14-7-5-8-16(13-14)19-12-6-10-18(23)22-21-15(2)17-9-3-4-11-20-17/h3-5,7-9,11,13,19H,6,10,12H2,1-2H3,(H,22,23)/b21-15+. The first-order valence-electron chi connectivity index (χ1n) is 7.70. The molecule has 0 saturated carbocycles. The Hall–Kier alpha value is -2.69. The number of amides is 1. The van der Waals surface area contributed by atoms with E-state index in [4.69, 9.17) is 0 Å². The summed E-state index contributed by atoms with van der Waals surface area (Å²) < 4.78 is 0. The third kappa shape index (κ3) is 5.90. The van der Waals surface area contributed by atoms with Crippen LogP contribution in [0.1, 0.15) is 31.0 Å². The Kier molecular flexibility index (Phi) is 6.29. The highest BCUT2D eigenvalue weighted by Gasteiger charge is 2.02. The molecular weight excluding hydrogens is 288 g/mol. The van der Waals surface area contributed by atoms with Crippen LogP contribution in [-0.2, 0) is 4.79 Å². The Morgan fingerprint density at radius 1 is 1.22 bits per heavy atom. The summed E-state index contributed by atoms with van der Waals surface area (Å²) in [5.74, 6) is -0.0914. The van der Waals surface area contributed by atoms with Crippen molar-refractivity contribution in [2.45, 2.75) is 26.7 Å². The summed E-state index contributed by atoms with van der Waals surface area (Å²) in [7, 11) is 0. The molecule has 0 unspecified atom stereocenters.